The maximum atomic E-state index is 10.8. The average molecular weight is 251 g/mol. The van der Waals surface area contributed by atoms with Crippen LogP contribution in [0, 0.1) is 12.8 Å². The van der Waals surface area contributed by atoms with Gasteiger partial charge in [-0.05, 0) is 19.1 Å². The molecule has 1 rings (SSSR count). The Hall–Kier alpha value is -2.04. The highest BCUT2D eigenvalue weighted by atomic mass is 16.4. The lowest BCUT2D eigenvalue weighted by molar-refractivity contribution is -0.141. The van der Waals surface area contributed by atoms with Gasteiger partial charge in [-0.3, -0.25) is 9.59 Å². The van der Waals surface area contributed by atoms with E-state index in [2.05, 4.69) is 0 Å². The van der Waals surface area contributed by atoms with Crippen molar-refractivity contribution in [2.24, 2.45) is 5.92 Å². The second kappa shape index (κ2) is 6.05. The molecular weight excluding hydrogens is 234 g/mol. The van der Waals surface area contributed by atoms with Crippen LogP contribution in [0.5, 0.6) is 0 Å². The third-order valence-electron chi connectivity index (χ3n) is 2.64. The number of rotatable bonds is 6. The van der Waals surface area contributed by atoms with E-state index in [1.807, 2.05) is 19.1 Å². The zero-order valence-electron chi connectivity index (χ0n) is 10.5. The van der Waals surface area contributed by atoms with Gasteiger partial charge in [0.05, 0.1) is 5.92 Å². The van der Waals surface area contributed by atoms with Gasteiger partial charge < -0.3 is 15.1 Å². The smallest absolute Gasteiger partial charge is 0.323 e. The fraction of sp³-hybridized carbons (Fsp3) is 0.385. The zero-order valence-corrected chi connectivity index (χ0v) is 10.5. The molecule has 98 valence electrons. The lowest BCUT2D eigenvalue weighted by Gasteiger charge is -2.24. The number of carboxylic acid groups (broad SMARTS) is 2. The van der Waals surface area contributed by atoms with Crippen LogP contribution < -0.4 is 4.90 Å². The van der Waals surface area contributed by atoms with Crippen LogP contribution in [-0.4, -0.2) is 35.2 Å². The Labute approximate surface area is 106 Å². The first-order valence-corrected chi connectivity index (χ1v) is 5.66. The van der Waals surface area contributed by atoms with Gasteiger partial charge in [0.1, 0.15) is 6.54 Å². The Morgan fingerprint density at radius 3 is 2.22 bits per heavy atom. The number of carbonyl (C=O) groups is 2. The second-order valence-corrected chi connectivity index (χ2v) is 4.35. The molecule has 0 saturated carbocycles. The highest BCUT2D eigenvalue weighted by molar-refractivity contribution is 5.75. The Kier molecular flexibility index (Phi) is 4.71. The first-order chi connectivity index (χ1) is 8.40. The summed E-state index contributed by atoms with van der Waals surface area (Å²) in [4.78, 5) is 23.2. The van der Waals surface area contributed by atoms with Crippen molar-refractivity contribution in [1.29, 1.82) is 0 Å². The minimum absolute atomic E-state index is 0.171. The molecule has 1 atom stereocenters. The number of carboxylic acids is 2. The van der Waals surface area contributed by atoms with Gasteiger partial charge in [0.15, 0.2) is 0 Å². The standard InChI is InChI=1S/C13H17NO4/c1-9-3-5-11(6-4-9)14(8-12(15)16)7-10(2)13(17)18/h3-6,10H,7-8H2,1-2H3,(H,15,16)(H,17,18). The van der Waals surface area contributed by atoms with Crippen molar-refractivity contribution in [1.82, 2.24) is 0 Å². The van der Waals surface area contributed by atoms with E-state index in [1.54, 1.807) is 24.0 Å². The van der Waals surface area contributed by atoms with Crippen LogP contribution >= 0.6 is 0 Å². The normalized spacial score (nSPS) is 11.9. The van der Waals surface area contributed by atoms with Crippen molar-refractivity contribution >= 4 is 17.6 Å². The number of aliphatic carboxylic acids is 2. The topological polar surface area (TPSA) is 77.8 Å². The molecule has 0 aliphatic carbocycles. The van der Waals surface area contributed by atoms with Crippen LogP contribution in [0.25, 0.3) is 0 Å². The van der Waals surface area contributed by atoms with Gasteiger partial charge in [-0.25, -0.2) is 0 Å². The van der Waals surface area contributed by atoms with Crippen LogP contribution in [0.3, 0.4) is 0 Å². The molecule has 0 saturated heterocycles. The molecule has 2 N–H and O–H groups in total. The van der Waals surface area contributed by atoms with Crippen molar-refractivity contribution in [2.75, 3.05) is 18.0 Å². The number of aryl methyl sites for hydroxylation is 1. The second-order valence-electron chi connectivity index (χ2n) is 4.35. The Morgan fingerprint density at radius 1 is 1.22 bits per heavy atom. The number of benzene rings is 1. The third kappa shape index (κ3) is 4.08. The fourth-order valence-electron chi connectivity index (χ4n) is 1.59. The molecule has 0 aromatic heterocycles. The minimum Gasteiger partial charge on any atom is -0.481 e. The highest BCUT2D eigenvalue weighted by Gasteiger charge is 2.18. The molecule has 0 aliphatic rings. The summed E-state index contributed by atoms with van der Waals surface area (Å²) < 4.78 is 0. The van der Waals surface area contributed by atoms with E-state index in [-0.39, 0.29) is 13.1 Å². The molecule has 5 heteroatoms. The summed E-state index contributed by atoms with van der Waals surface area (Å²) in [5, 5.41) is 17.7. The van der Waals surface area contributed by atoms with E-state index in [0.717, 1.165) is 11.3 Å². The molecule has 1 aromatic carbocycles. The zero-order chi connectivity index (χ0) is 13.7. The summed E-state index contributed by atoms with van der Waals surface area (Å²) in [6.07, 6.45) is 0. The fourth-order valence-corrected chi connectivity index (χ4v) is 1.59. The third-order valence-corrected chi connectivity index (χ3v) is 2.64. The predicted molar refractivity (Wildman–Crippen MR) is 67.8 cm³/mol. The maximum Gasteiger partial charge on any atom is 0.323 e. The Morgan fingerprint density at radius 2 is 1.78 bits per heavy atom. The largest absolute Gasteiger partial charge is 0.481 e. The average Bonchev–Trinajstić information content (AvgIpc) is 2.28. The molecule has 5 nitrogen and oxygen atoms in total. The number of hydrogen-bond donors (Lipinski definition) is 2. The van der Waals surface area contributed by atoms with E-state index in [0.29, 0.717) is 0 Å². The van der Waals surface area contributed by atoms with Crippen molar-refractivity contribution in [3.05, 3.63) is 29.8 Å². The summed E-state index contributed by atoms with van der Waals surface area (Å²) >= 11 is 0. The molecule has 0 amide bonds. The SMILES string of the molecule is Cc1ccc(N(CC(=O)O)CC(C)C(=O)O)cc1. The summed E-state index contributed by atoms with van der Waals surface area (Å²) in [6, 6.07) is 7.34. The quantitative estimate of drug-likeness (QED) is 0.803. The van der Waals surface area contributed by atoms with E-state index >= 15 is 0 Å². The Balaban J connectivity index is 2.87. The molecular formula is C13H17NO4. The van der Waals surface area contributed by atoms with Crippen LogP contribution in [-0.2, 0) is 9.59 Å². The van der Waals surface area contributed by atoms with E-state index in [4.69, 9.17) is 10.2 Å². The van der Waals surface area contributed by atoms with Crippen molar-refractivity contribution in [2.45, 2.75) is 13.8 Å². The summed E-state index contributed by atoms with van der Waals surface area (Å²) in [5.74, 6) is -2.53. The van der Waals surface area contributed by atoms with Gasteiger partial charge in [0.25, 0.3) is 0 Å². The molecule has 0 spiro atoms. The van der Waals surface area contributed by atoms with E-state index in [1.165, 1.54) is 0 Å². The lowest BCUT2D eigenvalue weighted by atomic mass is 10.1. The first-order valence-electron chi connectivity index (χ1n) is 5.66. The number of anilines is 1. The number of nitrogens with zero attached hydrogens (tertiary/aromatic N) is 1. The molecule has 0 aliphatic heterocycles. The van der Waals surface area contributed by atoms with E-state index in [9.17, 15) is 9.59 Å². The summed E-state index contributed by atoms with van der Waals surface area (Å²) in [6.45, 7) is 3.46. The van der Waals surface area contributed by atoms with Crippen molar-refractivity contribution < 1.29 is 19.8 Å². The van der Waals surface area contributed by atoms with Crippen molar-refractivity contribution in [3.8, 4) is 0 Å². The Bertz CT molecular complexity index is 427. The highest BCUT2D eigenvalue weighted by Crippen LogP contribution is 2.16. The van der Waals surface area contributed by atoms with Gasteiger partial charge in [-0.1, -0.05) is 24.6 Å². The molecule has 0 radical (unpaired) electrons. The molecule has 1 aromatic rings. The monoisotopic (exact) mass is 251 g/mol. The van der Waals surface area contributed by atoms with Gasteiger partial charge in [0, 0.05) is 12.2 Å². The van der Waals surface area contributed by atoms with Gasteiger partial charge in [0.2, 0.25) is 0 Å². The van der Waals surface area contributed by atoms with Crippen LogP contribution in [0.1, 0.15) is 12.5 Å². The van der Waals surface area contributed by atoms with Crippen LogP contribution in [0.15, 0.2) is 24.3 Å². The summed E-state index contributed by atoms with van der Waals surface area (Å²) in [7, 11) is 0. The van der Waals surface area contributed by atoms with E-state index < -0.39 is 17.9 Å². The predicted octanol–water partition coefficient (Wildman–Crippen LogP) is 1.61. The minimum atomic E-state index is -0.979. The number of hydrogen-bond acceptors (Lipinski definition) is 3. The molecule has 0 bridgehead atoms. The molecule has 18 heavy (non-hydrogen) atoms. The van der Waals surface area contributed by atoms with Crippen molar-refractivity contribution in [3.63, 3.8) is 0 Å². The molecule has 0 heterocycles. The first kappa shape index (κ1) is 14.0. The molecule has 0 fully saturated rings. The van der Waals surface area contributed by atoms with Gasteiger partial charge >= 0.3 is 11.9 Å². The van der Waals surface area contributed by atoms with Gasteiger partial charge in [-0.2, -0.15) is 0 Å². The van der Waals surface area contributed by atoms with Crippen LogP contribution in [0.4, 0.5) is 5.69 Å². The van der Waals surface area contributed by atoms with Crippen LogP contribution in [0.2, 0.25) is 0 Å². The van der Waals surface area contributed by atoms with Gasteiger partial charge in [-0.15, -0.1) is 0 Å². The summed E-state index contributed by atoms with van der Waals surface area (Å²) in [5.41, 5.74) is 1.79. The maximum absolute atomic E-state index is 10.8. The molecule has 1 unspecified atom stereocenters. The lowest BCUT2D eigenvalue weighted by Crippen LogP contribution is -2.35.